The first-order valence-corrected chi connectivity index (χ1v) is 9.04. The van der Waals surface area contributed by atoms with E-state index < -0.39 is 0 Å². The number of allylic oxidation sites excluding steroid dienone is 1. The van der Waals surface area contributed by atoms with Crippen LogP contribution in [0.5, 0.6) is 5.75 Å². The maximum atomic E-state index is 13.9. The quantitative estimate of drug-likeness (QED) is 0.501. The molecule has 2 heterocycles. The van der Waals surface area contributed by atoms with Gasteiger partial charge in [0.05, 0.1) is 11.0 Å². The van der Waals surface area contributed by atoms with E-state index in [1.165, 1.54) is 12.1 Å². The van der Waals surface area contributed by atoms with E-state index in [1.54, 1.807) is 6.07 Å². The Balaban J connectivity index is 1.81. The number of hydrogen-bond acceptors (Lipinski definition) is 2. The third-order valence-electron chi connectivity index (χ3n) is 5.21. The average Bonchev–Trinajstić information content (AvgIpc) is 2.99. The zero-order chi connectivity index (χ0) is 19.3. The molecule has 1 aromatic heterocycles. The van der Waals surface area contributed by atoms with E-state index in [0.29, 0.717) is 12.4 Å². The molecule has 0 saturated carbocycles. The van der Waals surface area contributed by atoms with Crippen molar-refractivity contribution in [3.63, 3.8) is 0 Å². The Morgan fingerprint density at radius 2 is 1.79 bits per heavy atom. The SMILES string of the molecule is C/C(=C1/c2ccccc2COc2cc(F)ccc21)c1ccc2[nH]c(=O)[nH]c2c1. The smallest absolute Gasteiger partial charge is 0.323 e. The fourth-order valence-corrected chi connectivity index (χ4v) is 3.83. The normalized spacial score (nSPS) is 14.8. The molecule has 138 valence electrons. The summed E-state index contributed by atoms with van der Waals surface area (Å²) in [5.41, 5.74) is 7.24. The molecule has 4 aromatic rings. The average molecular weight is 372 g/mol. The molecule has 5 rings (SSSR count). The van der Waals surface area contributed by atoms with Crippen LogP contribution >= 0.6 is 0 Å². The summed E-state index contributed by atoms with van der Waals surface area (Å²) < 4.78 is 19.8. The molecule has 1 aliphatic heterocycles. The highest BCUT2D eigenvalue weighted by molar-refractivity contribution is 6.01. The van der Waals surface area contributed by atoms with Gasteiger partial charge < -0.3 is 14.7 Å². The van der Waals surface area contributed by atoms with Gasteiger partial charge in [0, 0.05) is 11.6 Å². The molecule has 0 unspecified atom stereocenters. The number of imidazole rings is 1. The number of hydrogen-bond donors (Lipinski definition) is 2. The predicted molar refractivity (Wildman–Crippen MR) is 108 cm³/mol. The summed E-state index contributed by atoms with van der Waals surface area (Å²) in [6.45, 7) is 2.42. The molecule has 0 atom stereocenters. The van der Waals surface area contributed by atoms with Crippen LogP contribution in [-0.4, -0.2) is 9.97 Å². The summed E-state index contributed by atoms with van der Waals surface area (Å²) >= 11 is 0. The first-order valence-electron chi connectivity index (χ1n) is 9.04. The zero-order valence-electron chi connectivity index (χ0n) is 15.2. The highest BCUT2D eigenvalue weighted by Crippen LogP contribution is 2.41. The molecule has 5 heteroatoms. The van der Waals surface area contributed by atoms with E-state index >= 15 is 0 Å². The van der Waals surface area contributed by atoms with Gasteiger partial charge >= 0.3 is 5.69 Å². The lowest BCUT2D eigenvalue weighted by Gasteiger charge is -2.15. The van der Waals surface area contributed by atoms with Crippen molar-refractivity contribution in [1.29, 1.82) is 0 Å². The Morgan fingerprint density at radius 3 is 2.68 bits per heavy atom. The van der Waals surface area contributed by atoms with E-state index in [2.05, 4.69) is 16.0 Å². The molecule has 0 saturated heterocycles. The van der Waals surface area contributed by atoms with Crippen molar-refractivity contribution < 1.29 is 9.13 Å². The van der Waals surface area contributed by atoms with Crippen molar-refractivity contribution in [2.75, 3.05) is 0 Å². The molecule has 0 fully saturated rings. The summed E-state index contributed by atoms with van der Waals surface area (Å²) in [5.74, 6) is 0.203. The van der Waals surface area contributed by atoms with Gasteiger partial charge in [-0.2, -0.15) is 0 Å². The molecule has 0 aliphatic carbocycles. The highest BCUT2D eigenvalue weighted by atomic mass is 19.1. The number of halogens is 1. The first kappa shape index (κ1) is 16.6. The van der Waals surface area contributed by atoms with E-state index in [4.69, 9.17) is 4.74 Å². The Hall–Kier alpha value is -3.60. The van der Waals surface area contributed by atoms with Crippen molar-refractivity contribution in [3.8, 4) is 5.75 Å². The Kier molecular flexibility index (Phi) is 3.69. The number of benzene rings is 3. The lowest BCUT2D eigenvalue weighted by Crippen LogP contribution is -1.99. The molecule has 1 aliphatic rings. The maximum absolute atomic E-state index is 13.9. The Bertz CT molecular complexity index is 1310. The summed E-state index contributed by atoms with van der Waals surface area (Å²) in [5, 5.41) is 0. The van der Waals surface area contributed by atoms with Crippen molar-refractivity contribution in [2.24, 2.45) is 0 Å². The topological polar surface area (TPSA) is 57.9 Å². The summed E-state index contributed by atoms with van der Waals surface area (Å²) in [7, 11) is 0. The van der Waals surface area contributed by atoms with Crippen molar-refractivity contribution in [1.82, 2.24) is 9.97 Å². The summed E-state index contributed by atoms with van der Waals surface area (Å²) in [6.07, 6.45) is 0. The minimum absolute atomic E-state index is 0.230. The molecule has 3 aromatic carbocycles. The molecule has 0 amide bonds. The predicted octanol–water partition coefficient (Wildman–Crippen LogP) is 4.87. The second-order valence-electron chi connectivity index (χ2n) is 6.93. The Labute approximate surface area is 160 Å². The number of H-pyrrole nitrogens is 2. The van der Waals surface area contributed by atoms with Gasteiger partial charge in [-0.3, -0.25) is 0 Å². The highest BCUT2D eigenvalue weighted by Gasteiger charge is 2.22. The van der Waals surface area contributed by atoms with Gasteiger partial charge in [-0.15, -0.1) is 0 Å². The molecular formula is C23H17FN2O2. The van der Waals surface area contributed by atoms with Crippen LogP contribution < -0.4 is 10.4 Å². The van der Waals surface area contributed by atoms with E-state index in [0.717, 1.165) is 44.4 Å². The lowest BCUT2D eigenvalue weighted by molar-refractivity contribution is 0.305. The zero-order valence-corrected chi connectivity index (χ0v) is 15.2. The largest absolute Gasteiger partial charge is 0.488 e. The van der Waals surface area contributed by atoms with Crippen LogP contribution in [0.15, 0.2) is 65.5 Å². The molecule has 0 spiro atoms. The molecule has 28 heavy (non-hydrogen) atoms. The van der Waals surface area contributed by atoms with Gasteiger partial charge in [-0.05, 0) is 59.0 Å². The van der Waals surface area contributed by atoms with Crippen LogP contribution in [0.1, 0.15) is 29.2 Å². The van der Waals surface area contributed by atoms with Crippen molar-refractivity contribution in [2.45, 2.75) is 13.5 Å². The van der Waals surface area contributed by atoms with Crippen molar-refractivity contribution in [3.05, 3.63) is 99.2 Å². The van der Waals surface area contributed by atoms with Crippen LogP contribution in [0.4, 0.5) is 4.39 Å². The molecular weight excluding hydrogens is 355 g/mol. The van der Waals surface area contributed by atoms with Crippen molar-refractivity contribution >= 4 is 22.2 Å². The van der Waals surface area contributed by atoms with Gasteiger partial charge in [0.2, 0.25) is 0 Å². The number of fused-ring (bicyclic) bond motifs is 3. The van der Waals surface area contributed by atoms with E-state index in [9.17, 15) is 9.18 Å². The molecule has 0 radical (unpaired) electrons. The number of aromatic amines is 2. The van der Waals surface area contributed by atoms with Gasteiger partial charge in [0.1, 0.15) is 18.2 Å². The number of ether oxygens (including phenoxy) is 1. The molecule has 2 N–H and O–H groups in total. The van der Waals surface area contributed by atoms with Crippen LogP contribution in [0.2, 0.25) is 0 Å². The summed E-state index contributed by atoms with van der Waals surface area (Å²) in [6, 6.07) is 18.5. The third kappa shape index (κ3) is 2.63. The number of nitrogens with one attached hydrogen (secondary N) is 2. The van der Waals surface area contributed by atoms with Gasteiger partial charge in [0.25, 0.3) is 0 Å². The second-order valence-corrected chi connectivity index (χ2v) is 6.93. The standard InChI is InChI=1S/C23H17FN2O2/c1-13(14-6-9-19-20(10-14)26-23(27)25-19)22-17-5-3-2-4-15(17)12-28-21-11-16(24)7-8-18(21)22/h2-11H,12H2,1H3,(H2,25,26,27)/b22-13+. The monoisotopic (exact) mass is 372 g/mol. The third-order valence-corrected chi connectivity index (χ3v) is 5.21. The first-order chi connectivity index (χ1) is 13.6. The number of rotatable bonds is 1. The van der Waals surface area contributed by atoms with Gasteiger partial charge in [-0.25, -0.2) is 9.18 Å². The van der Waals surface area contributed by atoms with Gasteiger partial charge in [0.15, 0.2) is 0 Å². The van der Waals surface area contributed by atoms with E-state index in [1.807, 2.05) is 43.3 Å². The van der Waals surface area contributed by atoms with Crippen LogP contribution in [-0.2, 0) is 6.61 Å². The minimum Gasteiger partial charge on any atom is -0.488 e. The Morgan fingerprint density at radius 1 is 0.964 bits per heavy atom. The lowest BCUT2D eigenvalue weighted by atomic mass is 9.88. The van der Waals surface area contributed by atoms with Crippen LogP contribution in [0, 0.1) is 5.82 Å². The fourth-order valence-electron chi connectivity index (χ4n) is 3.83. The maximum Gasteiger partial charge on any atom is 0.323 e. The number of aromatic nitrogens is 2. The summed E-state index contributed by atoms with van der Waals surface area (Å²) in [4.78, 5) is 17.2. The van der Waals surface area contributed by atoms with Crippen LogP contribution in [0.3, 0.4) is 0 Å². The molecule has 4 nitrogen and oxygen atoms in total. The minimum atomic E-state index is -0.326. The van der Waals surface area contributed by atoms with Gasteiger partial charge in [-0.1, -0.05) is 30.3 Å². The fraction of sp³-hybridized carbons (Fsp3) is 0.0870. The van der Waals surface area contributed by atoms with E-state index in [-0.39, 0.29) is 11.5 Å². The second kappa shape index (κ2) is 6.23. The molecule has 0 bridgehead atoms. The van der Waals surface area contributed by atoms with Crippen LogP contribution in [0.25, 0.3) is 22.2 Å².